The number of hydrogen-bond acceptors (Lipinski definition) is 7. The van der Waals surface area contributed by atoms with Crippen LogP contribution in [0.1, 0.15) is 45.5 Å². The van der Waals surface area contributed by atoms with Gasteiger partial charge in [-0.3, -0.25) is 9.63 Å². The predicted molar refractivity (Wildman–Crippen MR) is 98.1 cm³/mol. The highest BCUT2D eigenvalue weighted by Gasteiger charge is 2.38. The molecule has 1 unspecified atom stereocenters. The summed E-state index contributed by atoms with van der Waals surface area (Å²) >= 11 is 2.12. The van der Waals surface area contributed by atoms with Gasteiger partial charge in [-0.15, -0.1) is 10.2 Å². The summed E-state index contributed by atoms with van der Waals surface area (Å²) in [4.78, 5) is 25.6. The van der Waals surface area contributed by atoms with E-state index in [1.54, 1.807) is 6.07 Å². The molecule has 1 N–H and O–H groups in total. The average molecular weight is 442 g/mol. The van der Waals surface area contributed by atoms with Gasteiger partial charge in [-0.1, -0.05) is 36.4 Å². The van der Waals surface area contributed by atoms with Crippen molar-refractivity contribution >= 4 is 40.1 Å². The van der Waals surface area contributed by atoms with E-state index < -0.39 is 0 Å². The van der Waals surface area contributed by atoms with Crippen molar-refractivity contribution in [2.75, 3.05) is 12.4 Å². The van der Waals surface area contributed by atoms with Crippen LogP contribution in [0.3, 0.4) is 0 Å². The van der Waals surface area contributed by atoms with Gasteiger partial charge in [0.05, 0.1) is 7.11 Å². The molecule has 0 bridgehead atoms. The van der Waals surface area contributed by atoms with E-state index in [-0.39, 0.29) is 9.96 Å². The maximum absolute atomic E-state index is 12.0. The highest BCUT2D eigenvalue weighted by molar-refractivity contribution is 14.1. The summed E-state index contributed by atoms with van der Waals surface area (Å²) in [5, 5.41) is 12.4. The molecule has 0 spiro atoms. The van der Waals surface area contributed by atoms with Crippen molar-refractivity contribution < 1.29 is 9.63 Å². The number of hydrogen-bond donors (Lipinski definition) is 1. The van der Waals surface area contributed by atoms with Gasteiger partial charge >= 0.3 is 0 Å². The topological polar surface area (TPSA) is 93.1 Å². The number of halogens is 1. The lowest BCUT2D eigenvalue weighted by molar-refractivity contribution is -0.0945. The van der Waals surface area contributed by atoms with Crippen LogP contribution >= 0.6 is 22.6 Å². The predicted octanol–water partition coefficient (Wildman–Crippen LogP) is 3.10. The number of nitrogens with one attached hydrogen (secondary N) is 1. The lowest BCUT2D eigenvalue weighted by Gasteiger charge is -2.16. The number of nitrogens with zero attached hydrogens (tertiary/aromatic N) is 5. The van der Waals surface area contributed by atoms with Gasteiger partial charge in [-0.25, -0.2) is 9.97 Å². The van der Waals surface area contributed by atoms with E-state index in [4.69, 9.17) is 4.84 Å². The number of carbonyl (C=O) groups excluding carboxylic acids is 1. The number of hydroxylamine groups is 2. The molecule has 0 aliphatic carbocycles. The summed E-state index contributed by atoms with van der Waals surface area (Å²) in [5.41, 5.74) is 1.92. The highest BCUT2D eigenvalue weighted by Crippen LogP contribution is 2.38. The zero-order valence-electron chi connectivity index (χ0n) is 14.2. The second kappa shape index (κ2) is 7.79. The first kappa shape index (κ1) is 18.5. The third kappa shape index (κ3) is 3.61. The normalized spacial score (nSPS) is 15.7. The molecule has 1 aliphatic heterocycles. The van der Waals surface area contributed by atoms with E-state index in [1.165, 1.54) is 12.2 Å². The van der Waals surface area contributed by atoms with E-state index >= 15 is 0 Å². The number of anilines is 2. The van der Waals surface area contributed by atoms with E-state index in [9.17, 15) is 4.79 Å². The van der Waals surface area contributed by atoms with Gasteiger partial charge in [-0.2, -0.15) is 5.06 Å². The number of amides is 1. The molecular weight excluding hydrogens is 423 g/mol. The fourth-order valence-electron chi connectivity index (χ4n) is 2.24. The molecule has 3 heterocycles. The fourth-order valence-corrected chi connectivity index (χ4v) is 3.19. The van der Waals surface area contributed by atoms with Crippen LogP contribution in [0.15, 0.2) is 12.1 Å². The molecule has 0 saturated carbocycles. The van der Waals surface area contributed by atoms with Crippen molar-refractivity contribution in [3.8, 4) is 0 Å². The van der Waals surface area contributed by atoms with Crippen LogP contribution in [-0.2, 0) is 4.84 Å². The highest BCUT2D eigenvalue weighted by atomic mass is 127. The smallest absolute Gasteiger partial charge is 0.299 e. The van der Waals surface area contributed by atoms with Gasteiger partial charge in [0, 0.05) is 17.3 Å². The lowest BCUT2D eigenvalue weighted by atomic mass is 10.2. The maximum atomic E-state index is 12.0. The Bertz CT molecular complexity index is 734. The van der Waals surface area contributed by atoms with Crippen molar-refractivity contribution in [3.63, 3.8) is 0 Å². The minimum atomic E-state index is -0.287. The lowest BCUT2D eigenvalue weighted by Crippen LogP contribution is -2.24. The molecule has 9 heteroatoms. The van der Waals surface area contributed by atoms with Crippen LogP contribution in [0.25, 0.3) is 0 Å². The number of aromatic nitrogens is 4. The monoisotopic (exact) mass is 442 g/mol. The summed E-state index contributed by atoms with van der Waals surface area (Å²) in [6, 6.07) is 3.60. The summed E-state index contributed by atoms with van der Waals surface area (Å²) in [6.45, 7) is 7.72. The molecule has 0 saturated heterocycles. The van der Waals surface area contributed by atoms with Crippen molar-refractivity contribution in [2.45, 2.75) is 31.7 Å². The summed E-state index contributed by atoms with van der Waals surface area (Å²) in [7, 11) is 1.45. The first-order valence-corrected chi connectivity index (χ1v) is 8.73. The quantitative estimate of drug-likeness (QED) is 0.444. The second-order valence-corrected chi connectivity index (χ2v) is 5.93. The molecule has 2 aromatic heterocycles. The molecule has 1 aliphatic rings. The van der Waals surface area contributed by atoms with Gasteiger partial charge in [0.1, 0.15) is 15.7 Å². The van der Waals surface area contributed by atoms with Crippen molar-refractivity contribution in [2.24, 2.45) is 0 Å². The Kier molecular flexibility index (Phi) is 5.99. The van der Waals surface area contributed by atoms with Gasteiger partial charge in [0.15, 0.2) is 11.5 Å². The number of alkyl halides is 1. The number of fused-ring (bicyclic) bond motifs is 1. The molecule has 8 nitrogen and oxygen atoms in total. The Hall–Kier alpha value is -1.88. The zero-order chi connectivity index (χ0) is 17.9. The van der Waals surface area contributed by atoms with Gasteiger partial charge in [0.25, 0.3) is 5.91 Å². The van der Waals surface area contributed by atoms with Gasteiger partial charge in [-0.05, 0) is 19.9 Å². The molecule has 2 aromatic rings. The third-order valence-electron chi connectivity index (χ3n) is 3.11. The van der Waals surface area contributed by atoms with Gasteiger partial charge in [0.2, 0.25) is 0 Å². The molecule has 1 atom stereocenters. The molecule has 128 valence electrons. The molecule has 0 radical (unpaired) electrons. The van der Waals surface area contributed by atoms with Crippen LogP contribution in [0.5, 0.6) is 0 Å². The van der Waals surface area contributed by atoms with E-state index in [0.717, 1.165) is 11.3 Å². The fraction of sp³-hybridized carbons (Fsp3) is 0.400. The Balaban J connectivity index is 0.00000100. The molecule has 0 fully saturated rings. The minimum absolute atomic E-state index is 0.241. The van der Waals surface area contributed by atoms with Crippen molar-refractivity contribution in [1.82, 2.24) is 25.2 Å². The largest absolute Gasteiger partial charge is 0.323 e. The number of aryl methyl sites for hydroxylation is 2. The second-order valence-electron chi connectivity index (χ2n) is 4.75. The standard InChI is InChI=1S/C13H13IN6O2.C2H6/c1-6-4-9(16-7(2)15-6)17-10-5-8-11(19-18-10)13(21)20(22-3)12(8)14;1-2/h4-5,12H,1-3H3,(H,15,16,17,18);1-2H3. The Morgan fingerprint density at radius 2 is 1.88 bits per heavy atom. The third-order valence-corrected chi connectivity index (χ3v) is 4.28. The zero-order valence-corrected chi connectivity index (χ0v) is 16.3. The Morgan fingerprint density at radius 3 is 2.50 bits per heavy atom. The van der Waals surface area contributed by atoms with Crippen LogP contribution in [0, 0.1) is 13.8 Å². The Labute approximate surface area is 154 Å². The molecular formula is C15H19IN6O2. The first-order valence-electron chi connectivity index (χ1n) is 7.48. The number of rotatable bonds is 3. The van der Waals surface area contributed by atoms with Crippen LogP contribution in [0.2, 0.25) is 0 Å². The summed E-state index contributed by atoms with van der Waals surface area (Å²) < 4.78 is -0.241. The van der Waals surface area contributed by atoms with Crippen LogP contribution in [-0.4, -0.2) is 38.2 Å². The van der Waals surface area contributed by atoms with Crippen LogP contribution in [0.4, 0.5) is 11.6 Å². The first-order chi connectivity index (χ1) is 11.5. The van der Waals surface area contributed by atoms with Crippen molar-refractivity contribution in [3.05, 3.63) is 34.9 Å². The number of carbonyl (C=O) groups is 1. The molecule has 3 rings (SSSR count). The Morgan fingerprint density at radius 1 is 1.17 bits per heavy atom. The average Bonchev–Trinajstić information content (AvgIpc) is 2.79. The molecule has 0 aromatic carbocycles. The summed E-state index contributed by atoms with van der Waals surface area (Å²) in [5.74, 6) is 1.54. The van der Waals surface area contributed by atoms with E-state index in [2.05, 4.69) is 48.1 Å². The van der Waals surface area contributed by atoms with E-state index in [0.29, 0.717) is 23.2 Å². The SMILES string of the molecule is CC.CON1C(=O)c2nnc(Nc3cc(C)nc(C)n3)cc2C1I. The minimum Gasteiger partial charge on any atom is -0.323 e. The van der Waals surface area contributed by atoms with Crippen molar-refractivity contribution in [1.29, 1.82) is 0 Å². The van der Waals surface area contributed by atoms with Crippen LogP contribution < -0.4 is 5.32 Å². The molecule has 24 heavy (non-hydrogen) atoms. The van der Waals surface area contributed by atoms with Gasteiger partial charge < -0.3 is 5.32 Å². The van der Waals surface area contributed by atoms with E-state index in [1.807, 2.05) is 33.8 Å². The summed E-state index contributed by atoms with van der Waals surface area (Å²) in [6.07, 6.45) is 0. The maximum Gasteiger partial charge on any atom is 0.299 e. The molecule has 1 amide bonds.